The zero-order chi connectivity index (χ0) is 25.6. The first-order valence-corrected chi connectivity index (χ1v) is 13.4. The number of hydrogen-bond acceptors (Lipinski definition) is 6. The van der Waals surface area contributed by atoms with Crippen molar-refractivity contribution in [1.82, 2.24) is 15.5 Å². The minimum Gasteiger partial charge on any atom is -0.553 e. The molecule has 0 spiro atoms. The second-order valence-corrected chi connectivity index (χ2v) is 10.4. The number of hydrogen-bond donors (Lipinski definition) is 1. The summed E-state index contributed by atoms with van der Waals surface area (Å²) < 4.78 is 15.8. The zero-order valence-electron chi connectivity index (χ0n) is 21.7. The van der Waals surface area contributed by atoms with Gasteiger partial charge in [0.25, 0.3) is 5.76 Å². The molecule has 1 fully saturated rings. The Morgan fingerprint density at radius 1 is 1.19 bits per heavy atom. The number of benzene rings is 1. The van der Waals surface area contributed by atoms with Gasteiger partial charge in [-0.3, -0.25) is 4.79 Å². The summed E-state index contributed by atoms with van der Waals surface area (Å²) in [6, 6.07) is 12.8. The maximum Gasteiger partial charge on any atom is 0.324 e. The van der Waals surface area contributed by atoms with Gasteiger partial charge in [0.2, 0.25) is 12.2 Å². The fourth-order valence-corrected chi connectivity index (χ4v) is 4.96. The predicted octanol–water partition coefficient (Wildman–Crippen LogP) is 5.69. The van der Waals surface area contributed by atoms with E-state index in [1.165, 1.54) is 11.1 Å². The number of allylic oxidation sites excluding steroid dienone is 2. The number of anilines is 1. The summed E-state index contributed by atoms with van der Waals surface area (Å²) in [6.07, 6.45) is 8.60. The van der Waals surface area contributed by atoms with Crippen LogP contribution in [0.5, 0.6) is 5.75 Å². The lowest BCUT2D eigenvalue weighted by Gasteiger charge is -2.30. The van der Waals surface area contributed by atoms with E-state index in [4.69, 9.17) is 9.26 Å². The van der Waals surface area contributed by atoms with Gasteiger partial charge in [-0.15, -0.1) is 0 Å². The molecule has 1 aliphatic heterocycles. The van der Waals surface area contributed by atoms with Crippen molar-refractivity contribution in [1.29, 1.82) is 0 Å². The Labute approximate surface area is 218 Å². The van der Waals surface area contributed by atoms with Gasteiger partial charge in [0, 0.05) is 37.1 Å². The van der Waals surface area contributed by atoms with E-state index >= 15 is 0 Å². The number of nitrogens with one attached hydrogen (secondary N) is 1. The molecule has 37 heavy (non-hydrogen) atoms. The number of aromatic nitrogens is 2. The van der Waals surface area contributed by atoms with Gasteiger partial charge in [0.05, 0.1) is 6.61 Å². The summed E-state index contributed by atoms with van der Waals surface area (Å²) in [5, 5.41) is 7.09. The van der Waals surface area contributed by atoms with Crippen molar-refractivity contribution in [2.24, 2.45) is 11.8 Å². The van der Waals surface area contributed by atoms with E-state index in [1.54, 1.807) is 6.26 Å². The Hall–Kier alpha value is -3.55. The summed E-state index contributed by atoms with van der Waals surface area (Å²) in [7, 11) is 0. The largest absolute Gasteiger partial charge is 0.553 e. The lowest BCUT2D eigenvalue weighted by molar-refractivity contribution is -0.125. The first kappa shape index (κ1) is 25.1. The fourth-order valence-electron chi connectivity index (χ4n) is 4.96. The number of rotatable bonds is 9. The molecule has 8 nitrogen and oxygen atoms in total. The summed E-state index contributed by atoms with van der Waals surface area (Å²) in [5.41, 5.74) is 2.52. The molecule has 0 saturated carbocycles. The normalized spacial score (nSPS) is 18.6. The third-order valence-corrected chi connectivity index (χ3v) is 7.38. The Balaban J connectivity index is 1.05. The second-order valence-electron chi connectivity index (χ2n) is 10.4. The van der Waals surface area contributed by atoms with Gasteiger partial charge >= 0.3 is 6.01 Å². The molecule has 3 aromatic rings. The van der Waals surface area contributed by atoms with Gasteiger partial charge < -0.3 is 23.9 Å². The third kappa shape index (κ3) is 6.42. The molecule has 8 heteroatoms. The van der Waals surface area contributed by atoms with Gasteiger partial charge in [0.1, 0.15) is 12.3 Å². The minimum absolute atomic E-state index is 0.0322. The van der Waals surface area contributed by atoms with Gasteiger partial charge in [0.15, 0.2) is 5.82 Å². The van der Waals surface area contributed by atoms with E-state index in [0.717, 1.165) is 62.5 Å². The Morgan fingerprint density at radius 3 is 2.65 bits per heavy atom. The molecule has 196 valence electrons. The molecule has 2 N–H and O–H groups in total. The van der Waals surface area contributed by atoms with Crippen LogP contribution in [0.15, 0.2) is 57.7 Å². The molecule has 2 aliphatic rings. The first-order valence-electron chi connectivity index (χ1n) is 13.4. The van der Waals surface area contributed by atoms with Crippen LogP contribution in [0.3, 0.4) is 0 Å². The Kier molecular flexibility index (Phi) is 7.92. The summed E-state index contributed by atoms with van der Waals surface area (Å²) in [6.45, 7) is 7.17. The lowest BCUT2D eigenvalue weighted by Crippen LogP contribution is -2.35. The van der Waals surface area contributed by atoms with Crippen molar-refractivity contribution in [2.45, 2.75) is 58.4 Å². The highest BCUT2D eigenvalue weighted by Crippen LogP contribution is 2.31. The SMILES string of the molecule is CC(C)c1noc(N2CCC(COc3ccc(C4=CCC(C(=O)NCc5ccc[oH+]5)CC4)cc3)CC2)n1. The molecule has 1 amide bonds. The number of ether oxygens (including phenoxy) is 1. The number of piperidine rings is 1. The molecule has 5 rings (SSSR count). The number of carbonyl (C=O) groups is 1. The molecular formula is C29H37N4O4+. The summed E-state index contributed by atoms with van der Waals surface area (Å²) in [5.74, 6) is 3.50. The number of nitrogens with zero attached hydrogens (tertiary/aromatic N) is 3. The van der Waals surface area contributed by atoms with Crippen molar-refractivity contribution in [3.8, 4) is 5.75 Å². The monoisotopic (exact) mass is 505 g/mol. The highest BCUT2D eigenvalue weighted by molar-refractivity contribution is 5.80. The molecule has 1 saturated heterocycles. The van der Waals surface area contributed by atoms with Crippen molar-refractivity contribution < 1.29 is 18.5 Å². The van der Waals surface area contributed by atoms with Crippen LogP contribution < -0.4 is 15.0 Å². The molecule has 1 aliphatic carbocycles. The van der Waals surface area contributed by atoms with E-state index in [0.29, 0.717) is 25.1 Å². The predicted molar refractivity (Wildman–Crippen MR) is 142 cm³/mol. The quantitative estimate of drug-likeness (QED) is 0.375. The molecular weight excluding hydrogens is 468 g/mol. The van der Waals surface area contributed by atoms with Crippen LogP contribution in [0.1, 0.15) is 69.0 Å². The number of amides is 1. The van der Waals surface area contributed by atoms with Crippen LogP contribution in [-0.2, 0) is 11.3 Å². The Bertz CT molecular complexity index is 1170. The van der Waals surface area contributed by atoms with Crippen LogP contribution in [0.25, 0.3) is 5.57 Å². The average molecular weight is 506 g/mol. The standard InChI is InChI=1S/C29H36N4O4/c1-20(2)27-31-29(37-32-27)33-15-13-21(14-16-33)19-36-25-11-9-23(10-12-25)22-5-7-24(8-6-22)28(34)30-18-26-4-3-17-35-26/h3-5,9-12,17,20-21,24H,6-8,13-16,18-19H2,1-2H3,(H,30,34)/p+1. The number of carbonyl (C=O) groups excluding carboxylic acids is 1. The third-order valence-electron chi connectivity index (χ3n) is 7.38. The van der Waals surface area contributed by atoms with Gasteiger partial charge in [-0.25, -0.2) is 0 Å². The second kappa shape index (κ2) is 11.7. The molecule has 1 unspecified atom stereocenters. The highest BCUT2D eigenvalue weighted by atomic mass is 16.5. The van der Waals surface area contributed by atoms with Crippen molar-refractivity contribution in [3.63, 3.8) is 0 Å². The Morgan fingerprint density at radius 2 is 2.00 bits per heavy atom. The highest BCUT2D eigenvalue weighted by Gasteiger charge is 2.25. The lowest BCUT2D eigenvalue weighted by atomic mass is 9.86. The zero-order valence-corrected chi connectivity index (χ0v) is 21.7. The van der Waals surface area contributed by atoms with Gasteiger partial charge in [-0.05, 0) is 61.3 Å². The van der Waals surface area contributed by atoms with Crippen molar-refractivity contribution in [3.05, 3.63) is 65.9 Å². The van der Waals surface area contributed by atoms with Crippen molar-refractivity contribution >= 4 is 17.5 Å². The molecule has 3 heterocycles. The van der Waals surface area contributed by atoms with Gasteiger partial charge in [-0.2, -0.15) is 4.98 Å². The average Bonchev–Trinajstić information content (AvgIpc) is 3.64. The van der Waals surface area contributed by atoms with Crippen molar-refractivity contribution in [2.75, 3.05) is 24.6 Å². The van der Waals surface area contributed by atoms with Crippen LogP contribution in [-0.4, -0.2) is 35.7 Å². The maximum absolute atomic E-state index is 12.5. The minimum atomic E-state index is 0.0322. The summed E-state index contributed by atoms with van der Waals surface area (Å²) in [4.78, 5) is 19.2. The number of furan rings is 1. The smallest absolute Gasteiger partial charge is 0.324 e. The van der Waals surface area contributed by atoms with E-state index in [2.05, 4.69) is 69.0 Å². The van der Waals surface area contributed by atoms with E-state index < -0.39 is 0 Å². The fraction of sp³-hybridized carbons (Fsp3) is 0.483. The topological polar surface area (TPSA) is 93.3 Å². The molecule has 0 bridgehead atoms. The molecule has 1 aromatic carbocycles. The first-order chi connectivity index (χ1) is 18.0. The van der Waals surface area contributed by atoms with Crippen LogP contribution in [0.4, 0.5) is 6.01 Å². The van der Waals surface area contributed by atoms with E-state index in [9.17, 15) is 4.79 Å². The van der Waals surface area contributed by atoms with Crippen LogP contribution in [0.2, 0.25) is 0 Å². The van der Waals surface area contributed by atoms with E-state index in [1.807, 2.05) is 12.1 Å². The molecule has 1 atom stereocenters. The van der Waals surface area contributed by atoms with Gasteiger partial charge in [-0.1, -0.05) is 37.2 Å². The maximum atomic E-state index is 12.5. The van der Waals surface area contributed by atoms with Crippen LogP contribution >= 0.6 is 0 Å². The van der Waals surface area contributed by atoms with Crippen LogP contribution in [0, 0.1) is 11.8 Å². The molecule has 0 radical (unpaired) electrons. The summed E-state index contributed by atoms with van der Waals surface area (Å²) >= 11 is 0. The van der Waals surface area contributed by atoms with E-state index in [-0.39, 0.29) is 17.7 Å². The molecule has 2 aromatic heterocycles.